The van der Waals surface area contributed by atoms with Crippen LogP contribution in [0.2, 0.25) is 0 Å². The van der Waals surface area contributed by atoms with Crippen molar-refractivity contribution >= 4 is 76.8 Å². The van der Waals surface area contributed by atoms with Crippen molar-refractivity contribution in [2.75, 3.05) is 4.90 Å². The molecule has 11 rings (SSSR count). The summed E-state index contributed by atoms with van der Waals surface area (Å²) >= 11 is 1.87. The number of allylic oxidation sites excluding steroid dienone is 3. The first-order chi connectivity index (χ1) is 29.1. The first-order valence-electron chi connectivity index (χ1n) is 20.7. The fourth-order valence-electron chi connectivity index (χ4n) is 8.92. The van der Waals surface area contributed by atoms with Crippen molar-refractivity contribution in [1.82, 2.24) is 0 Å². The topological polar surface area (TPSA) is 12.5 Å². The molecule has 0 amide bonds. The monoisotopic (exact) mass is 777 g/mol. The summed E-state index contributed by atoms with van der Waals surface area (Å²) in [6, 6.07) is 61.5. The van der Waals surface area contributed by atoms with Gasteiger partial charge >= 0.3 is 0 Å². The van der Waals surface area contributed by atoms with Gasteiger partial charge in [-0.3, -0.25) is 0 Å². The largest absolute Gasteiger partial charge is 0.458 e. The summed E-state index contributed by atoms with van der Waals surface area (Å²) in [6.45, 7) is 6.49. The quantitative estimate of drug-likeness (QED) is 0.123. The highest BCUT2D eigenvalue weighted by Gasteiger charge is 2.42. The van der Waals surface area contributed by atoms with E-state index in [-0.39, 0.29) is 6.71 Å². The third-order valence-electron chi connectivity index (χ3n) is 11.7. The van der Waals surface area contributed by atoms with E-state index in [1.807, 2.05) is 17.4 Å². The minimum atomic E-state index is 0.0723. The first-order valence-corrected chi connectivity index (χ1v) is 21.5. The van der Waals surface area contributed by atoms with Crippen molar-refractivity contribution in [3.05, 3.63) is 210 Å². The number of benzene rings is 8. The third kappa shape index (κ3) is 6.74. The van der Waals surface area contributed by atoms with Crippen LogP contribution in [0.15, 0.2) is 194 Å². The van der Waals surface area contributed by atoms with Gasteiger partial charge in [0.1, 0.15) is 11.5 Å². The Labute approximate surface area is 351 Å². The summed E-state index contributed by atoms with van der Waals surface area (Å²) in [5.74, 6) is 1.90. The SMILES string of the molecule is C/C=C(\C=C/CC)N1c2cccc3c2B(c2ccc(Cc4ccc5sc6ccccc6c5c4)cc2O3)c2c1ccc1ccccc21.Cc1ccc(-c2ccccc2)cc1. The molecule has 8 aromatic carbocycles. The Kier molecular flexibility index (Phi) is 9.72. The zero-order valence-corrected chi connectivity index (χ0v) is 34.5. The average molecular weight is 778 g/mol. The van der Waals surface area contributed by atoms with Crippen molar-refractivity contribution in [1.29, 1.82) is 0 Å². The summed E-state index contributed by atoms with van der Waals surface area (Å²) < 4.78 is 9.51. The van der Waals surface area contributed by atoms with Crippen LogP contribution in [-0.2, 0) is 6.42 Å². The predicted molar refractivity (Wildman–Crippen MR) is 256 cm³/mol. The molecule has 0 unspecified atom stereocenters. The van der Waals surface area contributed by atoms with E-state index in [4.69, 9.17) is 4.74 Å². The maximum absolute atomic E-state index is 6.83. The normalized spacial score (nSPS) is 12.9. The Bertz CT molecular complexity index is 3070. The van der Waals surface area contributed by atoms with E-state index in [0.717, 1.165) is 24.3 Å². The molecule has 284 valence electrons. The predicted octanol–water partition coefficient (Wildman–Crippen LogP) is 13.4. The average Bonchev–Trinajstić information content (AvgIpc) is 3.65. The van der Waals surface area contributed by atoms with Gasteiger partial charge in [0.15, 0.2) is 0 Å². The van der Waals surface area contributed by atoms with Crippen molar-refractivity contribution < 1.29 is 4.74 Å². The van der Waals surface area contributed by atoms with Crippen LogP contribution in [-0.4, -0.2) is 6.71 Å². The first kappa shape index (κ1) is 36.7. The van der Waals surface area contributed by atoms with Gasteiger partial charge in [0, 0.05) is 37.2 Å². The van der Waals surface area contributed by atoms with Gasteiger partial charge in [-0.05, 0) is 125 Å². The van der Waals surface area contributed by atoms with Gasteiger partial charge in [-0.2, -0.15) is 0 Å². The summed E-state index contributed by atoms with van der Waals surface area (Å²) in [5.41, 5.74) is 13.8. The molecule has 4 heteroatoms. The van der Waals surface area contributed by atoms with Crippen molar-refractivity contribution in [2.24, 2.45) is 0 Å². The molecule has 0 saturated heterocycles. The van der Waals surface area contributed by atoms with Crippen LogP contribution in [0.3, 0.4) is 0 Å². The molecule has 9 aromatic rings. The number of ether oxygens (including phenoxy) is 1. The van der Waals surface area contributed by atoms with Crippen molar-refractivity contribution in [3.8, 4) is 22.6 Å². The smallest absolute Gasteiger partial charge is 0.257 e. The van der Waals surface area contributed by atoms with Gasteiger partial charge in [0.25, 0.3) is 6.71 Å². The second kappa shape index (κ2) is 15.6. The molecule has 0 N–H and O–H groups in total. The minimum Gasteiger partial charge on any atom is -0.458 e. The Morgan fingerprint density at radius 2 is 1.32 bits per heavy atom. The number of aryl methyl sites for hydroxylation is 1. The molecule has 0 radical (unpaired) electrons. The van der Waals surface area contributed by atoms with Crippen LogP contribution in [0.1, 0.15) is 37.0 Å². The van der Waals surface area contributed by atoms with E-state index >= 15 is 0 Å². The van der Waals surface area contributed by atoms with Crippen LogP contribution in [0.25, 0.3) is 42.1 Å². The van der Waals surface area contributed by atoms with Gasteiger partial charge < -0.3 is 9.64 Å². The molecule has 0 saturated carbocycles. The highest BCUT2D eigenvalue weighted by atomic mass is 32.1. The van der Waals surface area contributed by atoms with Crippen LogP contribution in [0.4, 0.5) is 11.4 Å². The molecule has 59 heavy (non-hydrogen) atoms. The van der Waals surface area contributed by atoms with Crippen LogP contribution < -0.4 is 26.0 Å². The van der Waals surface area contributed by atoms with Gasteiger partial charge in [0.2, 0.25) is 0 Å². The lowest BCUT2D eigenvalue weighted by atomic mass is 9.33. The molecule has 2 aliphatic rings. The third-order valence-corrected chi connectivity index (χ3v) is 12.9. The van der Waals surface area contributed by atoms with Gasteiger partial charge in [-0.25, -0.2) is 0 Å². The Morgan fingerprint density at radius 3 is 2.15 bits per heavy atom. The number of hydrogen-bond acceptors (Lipinski definition) is 3. The van der Waals surface area contributed by atoms with Crippen LogP contribution in [0.5, 0.6) is 11.5 Å². The molecule has 3 heterocycles. The zero-order chi connectivity index (χ0) is 39.9. The van der Waals surface area contributed by atoms with E-state index in [1.54, 1.807) is 0 Å². The number of hydrogen-bond donors (Lipinski definition) is 0. The molecule has 2 aliphatic heterocycles. The van der Waals surface area contributed by atoms with E-state index < -0.39 is 0 Å². The lowest BCUT2D eigenvalue weighted by molar-refractivity contribution is 0.487. The standard InChI is InChI=1S/C42H32BNOS.C13H12/c1-3-5-12-30(4-2)44-35-15-10-16-37-42(35)43(41-31-13-7-6-11-29(31)20-22-36(41)44)34-21-18-28(26-38(34)45-37)24-27-19-23-40-33(25-27)32-14-8-9-17-39(32)46-40;1-11-7-9-13(10-8-11)12-5-3-2-4-6-12/h4-23,25-26H,3,24H2,1-2H3;2-10H,1H3/b12-5-,30-4+;. The summed E-state index contributed by atoms with van der Waals surface area (Å²) in [7, 11) is 0. The molecular weight excluding hydrogens is 733 g/mol. The van der Waals surface area contributed by atoms with Gasteiger partial charge in [-0.1, -0.05) is 152 Å². The van der Waals surface area contributed by atoms with Crippen LogP contribution in [0, 0.1) is 6.92 Å². The van der Waals surface area contributed by atoms with E-state index in [1.165, 1.54) is 92.2 Å². The molecule has 0 bridgehead atoms. The minimum absolute atomic E-state index is 0.0723. The summed E-state index contributed by atoms with van der Waals surface area (Å²) in [5, 5.41) is 5.24. The highest BCUT2D eigenvalue weighted by molar-refractivity contribution is 7.25. The summed E-state index contributed by atoms with van der Waals surface area (Å²) in [4.78, 5) is 2.43. The number of fused-ring (bicyclic) bond motifs is 9. The zero-order valence-electron chi connectivity index (χ0n) is 33.7. The van der Waals surface area contributed by atoms with Crippen LogP contribution >= 0.6 is 11.3 Å². The van der Waals surface area contributed by atoms with E-state index in [0.29, 0.717) is 0 Å². The van der Waals surface area contributed by atoms with Crippen molar-refractivity contribution in [3.63, 3.8) is 0 Å². The lowest BCUT2D eigenvalue weighted by Gasteiger charge is -2.41. The molecule has 2 nitrogen and oxygen atoms in total. The maximum Gasteiger partial charge on any atom is 0.257 e. The molecule has 0 atom stereocenters. The number of rotatable bonds is 6. The Hall–Kier alpha value is -6.62. The summed E-state index contributed by atoms with van der Waals surface area (Å²) in [6.07, 6.45) is 8.55. The van der Waals surface area contributed by atoms with E-state index in [2.05, 4.69) is 208 Å². The number of anilines is 2. The Balaban J connectivity index is 0.000000276. The van der Waals surface area contributed by atoms with E-state index in [9.17, 15) is 0 Å². The van der Waals surface area contributed by atoms with Crippen molar-refractivity contribution in [2.45, 2.75) is 33.6 Å². The van der Waals surface area contributed by atoms with Gasteiger partial charge in [0.05, 0.1) is 0 Å². The molecule has 0 spiro atoms. The Morgan fingerprint density at radius 1 is 0.610 bits per heavy atom. The maximum atomic E-state index is 6.83. The second-order valence-electron chi connectivity index (χ2n) is 15.5. The lowest BCUT2D eigenvalue weighted by Crippen LogP contribution is -2.60. The molecular formula is C55H44BNOS. The van der Waals surface area contributed by atoms with Gasteiger partial charge in [-0.15, -0.1) is 11.3 Å². The number of nitrogens with zero attached hydrogens (tertiary/aromatic N) is 1. The molecule has 0 aliphatic carbocycles. The fourth-order valence-corrected chi connectivity index (χ4v) is 10.0. The number of thiophene rings is 1. The second-order valence-corrected chi connectivity index (χ2v) is 16.6. The molecule has 1 aromatic heterocycles. The highest BCUT2D eigenvalue weighted by Crippen LogP contribution is 2.40. The molecule has 0 fully saturated rings. The fraction of sp³-hybridized carbons (Fsp3) is 0.0909.